The van der Waals surface area contributed by atoms with Crippen LogP contribution in [0, 0.1) is 5.41 Å². The lowest BCUT2D eigenvalue weighted by molar-refractivity contribution is -0.148. The van der Waals surface area contributed by atoms with E-state index in [1.165, 1.54) is 0 Å². The molecular formula is C20H27ClN2O3. The van der Waals surface area contributed by atoms with Crippen LogP contribution in [-0.2, 0) is 22.6 Å². The quantitative estimate of drug-likeness (QED) is 0.796. The van der Waals surface area contributed by atoms with Crippen molar-refractivity contribution in [3.63, 3.8) is 0 Å². The lowest BCUT2D eigenvalue weighted by atomic mass is 9.98. The Morgan fingerprint density at radius 3 is 2.65 bits per heavy atom. The number of ketones is 1. The number of carbonyl (C=O) groups excluding carboxylic acids is 2. The molecule has 2 fully saturated rings. The molecule has 2 atom stereocenters. The summed E-state index contributed by atoms with van der Waals surface area (Å²) in [6.07, 6.45) is 2.81. The molecule has 26 heavy (non-hydrogen) atoms. The Bertz CT molecular complexity index is 734. The van der Waals surface area contributed by atoms with Gasteiger partial charge in [0.05, 0.1) is 6.04 Å². The highest BCUT2D eigenvalue weighted by atomic mass is 35.5. The number of Topliss-reactive ketones (excluding diaryl/α,β-unsaturated/α-hetero) is 1. The zero-order valence-corrected chi connectivity index (χ0v) is 16.2. The standard InChI is InChI=1S/C20H27ClN2O3/c1-19(2)12-20(19,26)18(25)23-9-3-4-16(23)17(24)8-6-13-10-15(21)7-5-14(13)11-22/h5,7,10,16,26H,3-4,6,8-9,11-12,22H2,1-2H3/t16-,20+/m0/s1. The van der Waals surface area contributed by atoms with Crippen LogP contribution in [0.15, 0.2) is 18.2 Å². The molecule has 1 amide bonds. The van der Waals surface area contributed by atoms with E-state index in [0.717, 1.165) is 17.5 Å². The summed E-state index contributed by atoms with van der Waals surface area (Å²) in [5.41, 5.74) is 6.01. The molecule has 142 valence electrons. The number of hydrogen-bond acceptors (Lipinski definition) is 4. The molecule has 1 saturated carbocycles. The normalized spacial score (nSPS) is 26.8. The van der Waals surface area contributed by atoms with Crippen molar-refractivity contribution in [1.29, 1.82) is 0 Å². The summed E-state index contributed by atoms with van der Waals surface area (Å²) >= 11 is 6.06. The first-order valence-corrected chi connectivity index (χ1v) is 9.61. The van der Waals surface area contributed by atoms with Gasteiger partial charge in [-0.3, -0.25) is 9.59 Å². The number of aliphatic hydroxyl groups is 1. The molecule has 1 aromatic carbocycles. The Balaban J connectivity index is 1.66. The van der Waals surface area contributed by atoms with Crippen LogP contribution >= 0.6 is 11.6 Å². The van der Waals surface area contributed by atoms with Crippen molar-refractivity contribution >= 4 is 23.3 Å². The minimum absolute atomic E-state index is 0.0425. The van der Waals surface area contributed by atoms with Crippen LogP contribution in [-0.4, -0.2) is 39.9 Å². The number of hydrogen-bond donors (Lipinski definition) is 2. The summed E-state index contributed by atoms with van der Waals surface area (Å²) in [4.78, 5) is 27.2. The predicted octanol–water partition coefficient (Wildman–Crippen LogP) is 2.45. The largest absolute Gasteiger partial charge is 0.379 e. The predicted molar refractivity (Wildman–Crippen MR) is 101 cm³/mol. The molecule has 0 bridgehead atoms. The van der Waals surface area contributed by atoms with E-state index < -0.39 is 17.1 Å². The minimum atomic E-state index is -1.31. The average Bonchev–Trinajstić information content (AvgIpc) is 2.95. The van der Waals surface area contributed by atoms with Crippen molar-refractivity contribution in [2.75, 3.05) is 6.54 Å². The van der Waals surface area contributed by atoms with E-state index in [4.69, 9.17) is 17.3 Å². The second-order valence-electron chi connectivity index (χ2n) is 8.16. The zero-order chi connectivity index (χ0) is 19.1. The highest BCUT2D eigenvalue weighted by Gasteiger charge is 2.67. The molecule has 1 saturated heterocycles. The number of nitrogens with two attached hydrogens (primary N) is 1. The van der Waals surface area contributed by atoms with E-state index in [0.29, 0.717) is 43.8 Å². The molecule has 1 heterocycles. The van der Waals surface area contributed by atoms with E-state index in [1.54, 1.807) is 11.0 Å². The fraction of sp³-hybridized carbons (Fsp3) is 0.600. The Hall–Kier alpha value is -1.43. The van der Waals surface area contributed by atoms with Crippen LogP contribution in [0.2, 0.25) is 5.02 Å². The number of benzene rings is 1. The SMILES string of the molecule is CC1(C)C[C@@]1(O)C(=O)N1CCC[C@H]1C(=O)CCc1cc(Cl)ccc1CN. The summed E-state index contributed by atoms with van der Waals surface area (Å²) in [5.74, 6) is -0.246. The lowest BCUT2D eigenvalue weighted by Gasteiger charge is -2.27. The lowest BCUT2D eigenvalue weighted by Crippen LogP contribution is -2.48. The summed E-state index contributed by atoms with van der Waals surface area (Å²) in [6, 6.07) is 5.11. The topological polar surface area (TPSA) is 83.6 Å². The van der Waals surface area contributed by atoms with Crippen LogP contribution < -0.4 is 5.73 Å². The highest BCUT2D eigenvalue weighted by molar-refractivity contribution is 6.30. The van der Waals surface area contributed by atoms with E-state index in [-0.39, 0.29) is 11.7 Å². The Morgan fingerprint density at radius 1 is 1.35 bits per heavy atom. The molecular weight excluding hydrogens is 352 g/mol. The monoisotopic (exact) mass is 378 g/mol. The van der Waals surface area contributed by atoms with Gasteiger partial charge in [0.25, 0.3) is 5.91 Å². The number of nitrogens with zero attached hydrogens (tertiary/aromatic N) is 1. The number of halogens is 1. The van der Waals surface area contributed by atoms with Crippen LogP contribution in [0.4, 0.5) is 0 Å². The van der Waals surface area contributed by atoms with Crippen molar-refractivity contribution in [2.45, 2.75) is 64.1 Å². The molecule has 0 spiro atoms. The molecule has 1 aliphatic heterocycles. The van der Waals surface area contributed by atoms with Crippen molar-refractivity contribution in [3.05, 3.63) is 34.3 Å². The van der Waals surface area contributed by atoms with Gasteiger partial charge in [-0.05, 0) is 48.9 Å². The van der Waals surface area contributed by atoms with E-state index in [1.807, 2.05) is 26.0 Å². The second kappa shape index (κ2) is 6.95. The van der Waals surface area contributed by atoms with Gasteiger partial charge in [0.1, 0.15) is 5.60 Å². The van der Waals surface area contributed by atoms with E-state index in [2.05, 4.69) is 0 Å². The summed E-state index contributed by atoms with van der Waals surface area (Å²) in [6.45, 7) is 4.70. The maximum absolute atomic E-state index is 12.8. The van der Waals surface area contributed by atoms with Crippen molar-refractivity contribution in [2.24, 2.45) is 11.1 Å². The van der Waals surface area contributed by atoms with Gasteiger partial charge in [-0.25, -0.2) is 0 Å². The molecule has 3 N–H and O–H groups in total. The third kappa shape index (κ3) is 3.40. The molecule has 1 aliphatic carbocycles. The fourth-order valence-corrected chi connectivity index (χ4v) is 4.19. The number of rotatable bonds is 6. The first-order valence-electron chi connectivity index (χ1n) is 9.23. The summed E-state index contributed by atoms with van der Waals surface area (Å²) in [7, 11) is 0. The van der Waals surface area contributed by atoms with Gasteiger partial charge in [-0.15, -0.1) is 0 Å². The third-order valence-corrected chi connectivity index (χ3v) is 6.20. The number of amides is 1. The smallest absolute Gasteiger partial charge is 0.255 e. The van der Waals surface area contributed by atoms with Gasteiger partial charge in [0, 0.05) is 29.9 Å². The number of carbonyl (C=O) groups is 2. The highest BCUT2D eigenvalue weighted by Crippen LogP contribution is 2.56. The van der Waals surface area contributed by atoms with Crippen LogP contribution in [0.5, 0.6) is 0 Å². The molecule has 0 radical (unpaired) electrons. The molecule has 3 rings (SSSR count). The first kappa shape index (κ1) is 19.3. The van der Waals surface area contributed by atoms with E-state index >= 15 is 0 Å². The zero-order valence-electron chi connectivity index (χ0n) is 15.4. The number of aryl methyl sites for hydroxylation is 1. The molecule has 6 heteroatoms. The van der Waals surface area contributed by atoms with Crippen LogP contribution in [0.1, 0.15) is 50.7 Å². The van der Waals surface area contributed by atoms with Crippen molar-refractivity contribution in [1.82, 2.24) is 4.90 Å². The fourth-order valence-electron chi connectivity index (χ4n) is 3.99. The van der Waals surface area contributed by atoms with E-state index in [9.17, 15) is 14.7 Å². The molecule has 5 nitrogen and oxygen atoms in total. The second-order valence-corrected chi connectivity index (χ2v) is 8.60. The first-order chi connectivity index (χ1) is 12.2. The van der Waals surface area contributed by atoms with Crippen LogP contribution in [0.25, 0.3) is 0 Å². The summed E-state index contributed by atoms with van der Waals surface area (Å²) < 4.78 is 0. The van der Waals surface area contributed by atoms with Gasteiger partial charge in [0.15, 0.2) is 5.78 Å². The maximum Gasteiger partial charge on any atom is 0.255 e. The van der Waals surface area contributed by atoms with Gasteiger partial charge >= 0.3 is 0 Å². The molecule has 0 unspecified atom stereocenters. The average molecular weight is 379 g/mol. The Morgan fingerprint density at radius 2 is 2.04 bits per heavy atom. The van der Waals surface area contributed by atoms with Gasteiger partial charge in [0.2, 0.25) is 0 Å². The molecule has 0 aromatic heterocycles. The van der Waals surface area contributed by atoms with Gasteiger partial charge in [-0.1, -0.05) is 31.5 Å². The molecule has 2 aliphatic rings. The number of likely N-dealkylation sites (tertiary alicyclic amines) is 1. The van der Waals surface area contributed by atoms with Crippen molar-refractivity contribution < 1.29 is 14.7 Å². The van der Waals surface area contributed by atoms with Crippen molar-refractivity contribution in [3.8, 4) is 0 Å². The van der Waals surface area contributed by atoms with Gasteiger partial charge in [-0.2, -0.15) is 0 Å². The third-order valence-electron chi connectivity index (χ3n) is 5.96. The Kier molecular flexibility index (Phi) is 5.17. The molecule has 1 aromatic rings. The summed E-state index contributed by atoms with van der Waals surface area (Å²) in [5, 5.41) is 11.2. The van der Waals surface area contributed by atoms with Gasteiger partial charge < -0.3 is 15.7 Å². The Labute approximate surface area is 159 Å². The minimum Gasteiger partial charge on any atom is -0.379 e. The van der Waals surface area contributed by atoms with Crippen LogP contribution in [0.3, 0.4) is 0 Å². The maximum atomic E-state index is 12.8.